The normalized spacial score (nSPS) is 14.4. The number of hydrogen-bond donors (Lipinski definition) is 1. The molecule has 0 saturated carbocycles. The topological polar surface area (TPSA) is 77.4 Å². The molecule has 0 aliphatic rings. The van der Waals surface area contributed by atoms with Gasteiger partial charge >= 0.3 is 51.4 Å². The van der Waals surface area contributed by atoms with E-state index in [1.165, 1.54) is 0 Å². The standard InChI is InChI=1S/C16H34O4S.K/c1-3-4-9-13-16(21(18,19)20)14-11-8-6-5-7-10-12-15(2)17;/h15-17H,3-14H2,1-2H3,(H,18,19,20);/q;+1/p-1. The molecular weight excluding hydrogens is 327 g/mol. The summed E-state index contributed by atoms with van der Waals surface area (Å²) in [6.45, 7) is 3.88. The number of hydrogen-bond acceptors (Lipinski definition) is 4. The Hall–Kier alpha value is 1.51. The van der Waals surface area contributed by atoms with Crippen molar-refractivity contribution in [3.8, 4) is 0 Å². The van der Waals surface area contributed by atoms with E-state index < -0.39 is 15.4 Å². The van der Waals surface area contributed by atoms with Crippen molar-refractivity contribution in [2.24, 2.45) is 0 Å². The van der Waals surface area contributed by atoms with Crippen molar-refractivity contribution >= 4 is 10.1 Å². The maximum absolute atomic E-state index is 11.2. The fraction of sp³-hybridized carbons (Fsp3) is 1.00. The van der Waals surface area contributed by atoms with Gasteiger partial charge in [0.1, 0.15) is 0 Å². The van der Waals surface area contributed by atoms with Gasteiger partial charge in [-0.2, -0.15) is 0 Å². The molecule has 0 radical (unpaired) electrons. The van der Waals surface area contributed by atoms with Gasteiger partial charge in [-0.15, -0.1) is 0 Å². The van der Waals surface area contributed by atoms with E-state index in [0.29, 0.717) is 12.8 Å². The van der Waals surface area contributed by atoms with Crippen LogP contribution in [0.2, 0.25) is 0 Å². The third kappa shape index (κ3) is 16.4. The third-order valence-corrected chi connectivity index (χ3v) is 5.22. The second-order valence-electron chi connectivity index (χ2n) is 6.16. The fourth-order valence-corrected chi connectivity index (χ4v) is 3.48. The molecule has 0 aliphatic carbocycles. The third-order valence-electron chi connectivity index (χ3n) is 3.94. The van der Waals surface area contributed by atoms with Gasteiger partial charge in [0.05, 0.1) is 16.2 Å². The van der Waals surface area contributed by atoms with Crippen molar-refractivity contribution in [2.75, 3.05) is 0 Å². The van der Waals surface area contributed by atoms with Crippen LogP contribution >= 0.6 is 0 Å². The molecule has 2 unspecified atom stereocenters. The molecule has 0 spiro atoms. The van der Waals surface area contributed by atoms with Crippen LogP contribution in [-0.2, 0) is 10.1 Å². The van der Waals surface area contributed by atoms with Gasteiger partial charge in [0.2, 0.25) is 0 Å². The zero-order valence-corrected chi connectivity index (χ0v) is 18.7. The van der Waals surface area contributed by atoms with Gasteiger partial charge in [-0.05, 0) is 26.2 Å². The summed E-state index contributed by atoms with van der Waals surface area (Å²) < 4.78 is 33.6. The summed E-state index contributed by atoms with van der Waals surface area (Å²) in [5, 5.41) is 8.45. The quantitative estimate of drug-likeness (QED) is 0.285. The Morgan fingerprint density at radius 2 is 1.27 bits per heavy atom. The predicted octanol–water partition coefficient (Wildman–Crippen LogP) is 0.986. The molecule has 0 amide bonds. The fourth-order valence-electron chi connectivity index (χ4n) is 2.57. The zero-order chi connectivity index (χ0) is 16.1. The van der Waals surface area contributed by atoms with E-state index in [-0.39, 0.29) is 57.5 Å². The van der Waals surface area contributed by atoms with Gasteiger partial charge in [0.15, 0.2) is 0 Å². The summed E-state index contributed by atoms with van der Waals surface area (Å²) >= 11 is 0. The molecule has 1 N–H and O–H groups in total. The monoisotopic (exact) mass is 360 g/mol. The molecule has 0 fully saturated rings. The molecule has 0 saturated heterocycles. The van der Waals surface area contributed by atoms with E-state index >= 15 is 0 Å². The largest absolute Gasteiger partial charge is 1.00 e. The van der Waals surface area contributed by atoms with Crippen LogP contribution in [0.15, 0.2) is 0 Å². The average Bonchev–Trinajstić information content (AvgIpc) is 2.38. The molecule has 0 aliphatic heterocycles. The van der Waals surface area contributed by atoms with Crippen molar-refractivity contribution in [1.82, 2.24) is 0 Å². The van der Waals surface area contributed by atoms with Crippen LogP contribution in [0.4, 0.5) is 0 Å². The van der Waals surface area contributed by atoms with Gasteiger partial charge in [-0.3, -0.25) is 0 Å². The van der Waals surface area contributed by atoms with Crippen LogP contribution in [0.25, 0.3) is 0 Å². The van der Waals surface area contributed by atoms with Crippen molar-refractivity contribution < 1.29 is 69.5 Å². The molecule has 2 atom stereocenters. The number of aliphatic hydroxyl groups excluding tert-OH is 1. The van der Waals surface area contributed by atoms with E-state index in [0.717, 1.165) is 64.2 Å². The molecule has 128 valence electrons. The summed E-state index contributed by atoms with van der Waals surface area (Å²) in [4.78, 5) is 0. The molecular formula is C16H33KO4S. The Kier molecular flexibility index (Phi) is 18.7. The first-order valence-corrected chi connectivity index (χ1v) is 9.97. The van der Waals surface area contributed by atoms with Crippen molar-refractivity contribution in [3.05, 3.63) is 0 Å². The van der Waals surface area contributed by atoms with Gasteiger partial charge in [-0.25, -0.2) is 8.42 Å². The van der Waals surface area contributed by atoms with Crippen LogP contribution in [0.1, 0.15) is 90.9 Å². The Labute approximate surface area is 180 Å². The molecule has 0 rings (SSSR count). The summed E-state index contributed by atoms with van der Waals surface area (Å²) in [7, 11) is -4.13. The molecule has 0 aromatic heterocycles. The Bertz CT molecular complexity index is 331. The number of unbranched alkanes of at least 4 members (excludes halogenated alkanes) is 7. The zero-order valence-electron chi connectivity index (χ0n) is 14.7. The van der Waals surface area contributed by atoms with Crippen LogP contribution in [0.3, 0.4) is 0 Å². The minimum atomic E-state index is -4.13. The van der Waals surface area contributed by atoms with Crippen LogP contribution in [-0.4, -0.2) is 29.4 Å². The van der Waals surface area contributed by atoms with Crippen LogP contribution in [0, 0.1) is 0 Å². The molecule has 0 bridgehead atoms. The first kappa shape index (κ1) is 25.7. The summed E-state index contributed by atoms with van der Waals surface area (Å²) in [5.74, 6) is 0. The predicted molar refractivity (Wildman–Crippen MR) is 86.2 cm³/mol. The number of aliphatic hydroxyl groups is 1. The first-order valence-electron chi connectivity index (χ1n) is 8.50. The van der Waals surface area contributed by atoms with Gasteiger partial charge < -0.3 is 9.66 Å². The average molecular weight is 361 g/mol. The first-order chi connectivity index (χ1) is 9.88. The summed E-state index contributed by atoms with van der Waals surface area (Å²) in [5.41, 5.74) is 0. The molecule has 0 heterocycles. The van der Waals surface area contributed by atoms with E-state index in [1.54, 1.807) is 0 Å². The van der Waals surface area contributed by atoms with Crippen molar-refractivity contribution in [2.45, 2.75) is 102 Å². The second kappa shape index (κ2) is 16.0. The van der Waals surface area contributed by atoms with Crippen LogP contribution < -0.4 is 51.4 Å². The van der Waals surface area contributed by atoms with Crippen molar-refractivity contribution in [1.29, 1.82) is 0 Å². The van der Waals surface area contributed by atoms with Gasteiger partial charge in [0.25, 0.3) is 0 Å². The second-order valence-corrected chi connectivity index (χ2v) is 7.81. The molecule has 22 heavy (non-hydrogen) atoms. The van der Waals surface area contributed by atoms with E-state index in [9.17, 15) is 13.0 Å². The molecule has 6 heteroatoms. The van der Waals surface area contributed by atoms with E-state index in [1.807, 2.05) is 6.92 Å². The van der Waals surface area contributed by atoms with Crippen molar-refractivity contribution in [3.63, 3.8) is 0 Å². The number of rotatable bonds is 14. The van der Waals surface area contributed by atoms with E-state index in [2.05, 4.69) is 6.92 Å². The van der Waals surface area contributed by atoms with Crippen LogP contribution in [0.5, 0.6) is 0 Å². The van der Waals surface area contributed by atoms with Gasteiger partial charge in [0, 0.05) is 5.25 Å². The SMILES string of the molecule is CCCCCC(CCCCCCCCC(C)O)S(=O)(=O)[O-].[K+]. The minimum Gasteiger partial charge on any atom is -0.748 e. The Balaban J connectivity index is 0. The Morgan fingerprint density at radius 3 is 1.68 bits per heavy atom. The smallest absolute Gasteiger partial charge is 0.748 e. The van der Waals surface area contributed by atoms with Gasteiger partial charge in [-0.1, -0.05) is 64.7 Å². The van der Waals surface area contributed by atoms with E-state index in [4.69, 9.17) is 5.11 Å². The summed E-state index contributed by atoms with van der Waals surface area (Å²) in [6, 6.07) is 0. The molecule has 4 nitrogen and oxygen atoms in total. The summed E-state index contributed by atoms with van der Waals surface area (Å²) in [6.07, 6.45) is 10.7. The molecule has 0 aromatic rings. The maximum atomic E-state index is 11.2. The Morgan fingerprint density at radius 1 is 0.864 bits per heavy atom. The minimum absolute atomic E-state index is 0. The molecule has 0 aromatic carbocycles. The maximum Gasteiger partial charge on any atom is 1.00 e.